The Bertz CT molecular complexity index is 697. The molecule has 2 heterocycles. The lowest BCUT2D eigenvalue weighted by Crippen LogP contribution is -2.22. The minimum atomic E-state index is 0.700. The second-order valence-corrected chi connectivity index (χ2v) is 6.52. The van der Waals surface area contributed by atoms with Gasteiger partial charge in [-0.1, -0.05) is 24.9 Å². The maximum absolute atomic E-state index is 9.08. The molecule has 1 aliphatic heterocycles. The van der Waals surface area contributed by atoms with Crippen LogP contribution in [0.25, 0.3) is 11.3 Å². The molecule has 1 aliphatic rings. The predicted octanol–water partition coefficient (Wildman–Crippen LogP) is 3.98. The number of anilines is 1. The summed E-state index contributed by atoms with van der Waals surface area (Å²) in [4.78, 5) is 0. The molecular weight excluding hydrogens is 278 g/mol. The summed E-state index contributed by atoms with van der Waals surface area (Å²) >= 11 is 1.89. The number of nitriles is 1. The van der Waals surface area contributed by atoms with Crippen LogP contribution in [0, 0.1) is 11.3 Å². The fourth-order valence-electron chi connectivity index (χ4n) is 2.93. The maximum atomic E-state index is 9.08. The number of fused-ring (bicyclic) bond motifs is 1. The molecule has 0 bridgehead atoms. The lowest BCUT2D eigenvalue weighted by Gasteiger charge is -2.30. The molecule has 0 N–H and O–H groups in total. The van der Waals surface area contributed by atoms with Crippen molar-refractivity contribution in [1.29, 1.82) is 5.26 Å². The van der Waals surface area contributed by atoms with Crippen molar-refractivity contribution < 1.29 is 0 Å². The first kappa shape index (κ1) is 14.1. The van der Waals surface area contributed by atoms with Crippen molar-refractivity contribution in [2.75, 3.05) is 16.6 Å². The Hall–Kier alpha value is -1.86. The summed E-state index contributed by atoms with van der Waals surface area (Å²) < 4.78 is 4.37. The highest BCUT2D eigenvalue weighted by Gasteiger charge is 2.18. The molecule has 2 aromatic rings. The summed E-state index contributed by atoms with van der Waals surface area (Å²) in [5.41, 5.74) is 5.77. The van der Waals surface area contributed by atoms with E-state index >= 15 is 0 Å². The van der Waals surface area contributed by atoms with E-state index in [0.717, 1.165) is 24.4 Å². The molecule has 3 rings (SSSR count). The molecule has 0 saturated heterocycles. The number of nitrogens with zero attached hydrogens (tertiary/aromatic N) is 3. The van der Waals surface area contributed by atoms with Crippen molar-refractivity contribution in [3.63, 3.8) is 0 Å². The maximum Gasteiger partial charge on any atom is 0.120 e. The fourth-order valence-corrected chi connectivity index (χ4v) is 3.81. The van der Waals surface area contributed by atoms with Crippen molar-refractivity contribution in [3.05, 3.63) is 41.6 Å². The predicted molar refractivity (Wildman–Crippen MR) is 89.4 cm³/mol. The Morgan fingerprint density at radius 2 is 2.14 bits per heavy atom. The Morgan fingerprint density at radius 3 is 2.86 bits per heavy atom. The minimum absolute atomic E-state index is 0.700. The van der Waals surface area contributed by atoms with Gasteiger partial charge in [-0.05, 0) is 48.2 Å². The number of hydrogen-bond donors (Lipinski definition) is 0. The fraction of sp³-hybridized carbons (Fsp3) is 0.353. The number of aryl methyl sites for hydroxylation is 1. The van der Waals surface area contributed by atoms with Crippen LogP contribution in [0.2, 0.25) is 0 Å². The van der Waals surface area contributed by atoms with Gasteiger partial charge in [0.15, 0.2) is 0 Å². The molecule has 0 spiro atoms. The zero-order valence-electron chi connectivity index (χ0n) is 12.5. The van der Waals surface area contributed by atoms with Crippen molar-refractivity contribution in [2.45, 2.75) is 19.8 Å². The van der Waals surface area contributed by atoms with Gasteiger partial charge in [0.25, 0.3) is 0 Å². The second kappa shape index (κ2) is 5.87. The van der Waals surface area contributed by atoms with Crippen LogP contribution in [0.3, 0.4) is 0 Å². The van der Waals surface area contributed by atoms with Crippen LogP contribution in [0.4, 0.5) is 5.69 Å². The zero-order valence-corrected chi connectivity index (χ0v) is 13.3. The number of hydrogen-bond acceptors (Lipinski definition) is 3. The summed E-state index contributed by atoms with van der Waals surface area (Å²) in [7, 11) is 1.95. The average Bonchev–Trinajstić information content (AvgIpc) is 2.88. The number of rotatable bonds is 3. The molecule has 0 amide bonds. The third kappa shape index (κ3) is 2.54. The van der Waals surface area contributed by atoms with E-state index in [0.29, 0.717) is 5.69 Å². The zero-order chi connectivity index (χ0) is 14.8. The lowest BCUT2D eigenvalue weighted by atomic mass is 9.99. The summed E-state index contributed by atoms with van der Waals surface area (Å²) in [5.74, 6) is 1.10. The highest BCUT2D eigenvalue weighted by atomic mass is 32.2. The highest BCUT2D eigenvalue weighted by molar-refractivity contribution is 8.00. The van der Waals surface area contributed by atoms with E-state index in [1.54, 1.807) is 0 Å². The van der Waals surface area contributed by atoms with Crippen molar-refractivity contribution in [3.8, 4) is 17.3 Å². The Balaban J connectivity index is 1.99. The number of aromatic nitrogens is 1. The van der Waals surface area contributed by atoms with Gasteiger partial charge in [0.05, 0.1) is 5.69 Å². The standard InChI is InChI=1S/C17H19N3S/c1-3-21-20-10-4-5-13-11-14(6-8-17(13)20)16-9-7-15(12-18)19(16)2/h6-9,11H,3-5,10H2,1-2H3. The molecule has 1 aromatic carbocycles. The molecule has 4 heteroatoms. The SMILES string of the molecule is CCSN1CCCc2cc(-c3ccc(C#N)n3C)ccc21. The van der Waals surface area contributed by atoms with Gasteiger partial charge in [-0.15, -0.1) is 0 Å². The first-order valence-corrected chi connectivity index (χ1v) is 8.28. The van der Waals surface area contributed by atoms with Gasteiger partial charge >= 0.3 is 0 Å². The van der Waals surface area contributed by atoms with Crippen LogP contribution in [-0.2, 0) is 13.5 Å². The first-order chi connectivity index (χ1) is 10.2. The van der Waals surface area contributed by atoms with Crippen LogP contribution >= 0.6 is 11.9 Å². The molecule has 0 fully saturated rings. The van der Waals surface area contributed by atoms with E-state index < -0.39 is 0 Å². The topological polar surface area (TPSA) is 32.0 Å². The van der Waals surface area contributed by atoms with Crippen LogP contribution in [0.5, 0.6) is 0 Å². The molecule has 1 aromatic heterocycles. The average molecular weight is 297 g/mol. The monoisotopic (exact) mass is 297 g/mol. The molecule has 108 valence electrons. The van der Waals surface area contributed by atoms with E-state index in [1.807, 2.05) is 35.7 Å². The molecule has 0 unspecified atom stereocenters. The largest absolute Gasteiger partial charge is 0.335 e. The Morgan fingerprint density at radius 1 is 1.29 bits per heavy atom. The van der Waals surface area contributed by atoms with E-state index in [2.05, 4.69) is 35.5 Å². The molecule has 0 aliphatic carbocycles. The van der Waals surface area contributed by atoms with E-state index in [-0.39, 0.29) is 0 Å². The Labute approximate surface area is 130 Å². The normalized spacial score (nSPS) is 13.9. The summed E-state index contributed by atoms with van der Waals surface area (Å²) in [6, 6.07) is 12.8. The van der Waals surface area contributed by atoms with Gasteiger partial charge in [-0.25, -0.2) is 0 Å². The highest BCUT2D eigenvalue weighted by Crippen LogP contribution is 2.35. The summed E-state index contributed by atoms with van der Waals surface area (Å²) in [5, 5.41) is 9.08. The first-order valence-electron chi connectivity index (χ1n) is 7.34. The smallest absolute Gasteiger partial charge is 0.120 e. The molecular formula is C17H19N3S. The van der Waals surface area contributed by atoms with Crippen LogP contribution < -0.4 is 4.31 Å². The van der Waals surface area contributed by atoms with Gasteiger partial charge < -0.3 is 8.87 Å². The van der Waals surface area contributed by atoms with E-state index in [4.69, 9.17) is 5.26 Å². The van der Waals surface area contributed by atoms with Crippen LogP contribution in [0.15, 0.2) is 30.3 Å². The third-order valence-electron chi connectivity index (χ3n) is 3.97. The number of benzene rings is 1. The van der Waals surface area contributed by atoms with Crippen molar-refractivity contribution >= 4 is 17.6 Å². The van der Waals surface area contributed by atoms with Gasteiger partial charge in [-0.2, -0.15) is 5.26 Å². The summed E-state index contributed by atoms with van der Waals surface area (Å²) in [6.07, 6.45) is 2.35. The minimum Gasteiger partial charge on any atom is -0.335 e. The summed E-state index contributed by atoms with van der Waals surface area (Å²) in [6.45, 7) is 3.33. The molecule has 21 heavy (non-hydrogen) atoms. The van der Waals surface area contributed by atoms with Gasteiger partial charge in [0.1, 0.15) is 11.8 Å². The van der Waals surface area contributed by atoms with E-state index in [1.165, 1.54) is 23.2 Å². The lowest BCUT2D eigenvalue weighted by molar-refractivity contribution is 0.795. The van der Waals surface area contributed by atoms with Crippen molar-refractivity contribution in [1.82, 2.24) is 4.57 Å². The van der Waals surface area contributed by atoms with Gasteiger partial charge in [0, 0.05) is 25.0 Å². The Kier molecular flexibility index (Phi) is 3.94. The molecule has 0 saturated carbocycles. The second-order valence-electron chi connectivity index (χ2n) is 5.24. The quantitative estimate of drug-likeness (QED) is 0.803. The van der Waals surface area contributed by atoms with Crippen LogP contribution in [-0.4, -0.2) is 16.9 Å². The molecule has 0 atom stereocenters. The van der Waals surface area contributed by atoms with Crippen LogP contribution in [0.1, 0.15) is 24.6 Å². The van der Waals surface area contributed by atoms with Gasteiger partial charge in [-0.3, -0.25) is 0 Å². The third-order valence-corrected chi connectivity index (χ3v) is 4.92. The molecule has 0 radical (unpaired) electrons. The van der Waals surface area contributed by atoms with Crippen molar-refractivity contribution in [2.24, 2.45) is 7.05 Å². The van der Waals surface area contributed by atoms with E-state index in [9.17, 15) is 0 Å². The molecule has 3 nitrogen and oxygen atoms in total. The van der Waals surface area contributed by atoms with Gasteiger partial charge in [0.2, 0.25) is 0 Å².